The molecule has 0 unspecified atom stereocenters. The summed E-state index contributed by atoms with van der Waals surface area (Å²) >= 11 is 5.43. The summed E-state index contributed by atoms with van der Waals surface area (Å²) in [5.41, 5.74) is 1.00. The van der Waals surface area contributed by atoms with Crippen LogP contribution in [0.4, 0.5) is 0 Å². The molecule has 1 saturated heterocycles. The monoisotopic (exact) mass is 831 g/mol. The molecule has 2 aromatic rings. The summed E-state index contributed by atoms with van der Waals surface area (Å²) in [6.45, 7) is 6.54. The van der Waals surface area contributed by atoms with Crippen molar-refractivity contribution in [1.29, 1.82) is 0 Å². The number of aromatic amines is 1. The molecule has 0 radical (unpaired) electrons. The van der Waals surface area contributed by atoms with Gasteiger partial charge in [0.15, 0.2) is 23.1 Å². The van der Waals surface area contributed by atoms with Crippen LogP contribution >= 0.6 is 12.2 Å². The van der Waals surface area contributed by atoms with Crippen molar-refractivity contribution in [1.82, 2.24) is 19.5 Å². The molecule has 2 aromatic heterocycles. The molecule has 58 heavy (non-hydrogen) atoms. The number of aromatic nitrogens is 4. The first-order chi connectivity index (χ1) is 28.4. The van der Waals surface area contributed by atoms with Gasteiger partial charge in [0, 0.05) is 19.3 Å². The van der Waals surface area contributed by atoms with Crippen molar-refractivity contribution in [2.45, 2.75) is 238 Å². The molecule has 0 aliphatic carbocycles. The summed E-state index contributed by atoms with van der Waals surface area (Å²) in [6, 6.07) is 0. The van der Waals surface area contributed by atoms with Crippen LogP contribution in [-0.4, -0.2) is 62.3 Å². The minimum absolute atomic E-state index is 0.140. The first kappa shape index (κ1) is 49.5. The number of esters is 3. The Bertz CT molecular complexity index is 1460. The third-order valence-corrected chi connectivity index (χ3v) is 11.6. The van der Waals surface area contributed by atoms with Crippen molar-refractivity contribution in [3.8, 4) is 0 Å². The maximum Gasteiger partial charge on any atom is 0.306 e. The third-order valence-electron chi connectivity index (χ3n) is 11.3. The number of nitrogens with zero attached hydrogens (tertiary/aromatic N) is 3. The smallest absolute Gasteiger partial charge is 0.306 e. The summed E-state index contributed by atoms with van der Waals surface area (Å²) in [6.07, 6.45) is 30.8. The maximum absolute atomic E-state index is 13.5. The number of imidazole rings is 1. The molecule has 0 saturated carbocycles. The quantitative estimate of drug-likeness (QED) is 0.0309. The van der Waals surface area contributed by atoms with Crippen molar-refractivity contribution in [3.05, 3.63) is 17.3 Å². The van der Waals surface area contributed by atoms with Gasteiger partial charge in [-0.15, -0.1) is 0 Å². The molecule has 3 rings (SSSR count). The van der Waals surface area contributed by atoms with Crippen LogP contribution in [0, 0.1) is 4.64 Å². The molecule has 0 spiro atoms. The number of rotatable bonds is 35. The fourth-order valence-electron chi connectivity index (χ4n) is 7.81. The fraction of sp³-hybridized carbons (Fsp3) is 0.826. The summed E-state index contributed by atoms with van der Waals surface area (Å²) in [7, 11) is 0. The van der Waals surface area contributed by atoms with E-state index in [1.165, 1.54) is 109 Å². The van der Waals surface area contributed by atoms with Crippen molar-refractivity contribution < 1.29 is 33.3 Å². The molecule has 4 atom stereocenters. The number of fused-ring (bicyclic) bond motifs is 1. The third kappa shape index (κ3) is 19.5. The molecule has 0 bridgehead atoms. The second-order valence-corrected chi connectivity index (χ2v) is 16.8. The van der Waals surface area contributed by atoms with Crippen LogP contribution in [0.3, 0.4) is 0 Å². The van der Waals surface area contributed by atoms with Crippen molar-refractivity contribution in [2.75, 3.05) is 6.61 Å². The molecule has 1 fully saturated rings. The minimum Gasteiger partial charge on any atom is -0.463 e. The zero-order chi connectivity index (χ0) is 41.6. The van der Waals surface area contributed by atoms with Gasteiger partial charge in [-0.05, 0) is 19.3 Å². The predicted octanol–water partition coefficient (Wildman–Crippen LogP) is 12.5. The number of ether oxygens (including phenoxy) is 4. The highest BCUT2D eigenvalue weighted by atomic mass is 32.1. The average Bonchev–Trinajstić information content (AvgIpc) is 3.79. The van der Waals surface area contributed by atoms with Crippen molar-refractivity contribution >= 4 is 41.3 Å². The normalized spacial score (nSPS) is 17.8. The van der Waals surface area contributed by atoms with E-state index in [2.05, 4.69) is 35.7 Å². The highest BCUT2D eigenvalue weighted by molar-refractivity contribution is 7.71. The number of carbonyl (C=O) groups excluding carboxylic acids is 3. The molecular formula is C46H78N4O7S. The minimum atomic E-state index is -1.01. The second kappa shape index (κ2) is 31.1. The molecular weight excluding hydrogens is 753 g/mol. The number of carbonyl (C=O) groups is 3. The predicted molar refractivity (Wildman–Crippen MR) is 233 cm³/mol. The van der Waals surface area contributed by atoms with E-state index in [4.69, 9.17) is 31.2 Å². The largest absolute Gasteiger partial charge is 0.463 e. The Morgan fingerprint density at radius 2 is 1.02 bits per heavy atom. The van der Waals surface area contributed by atoms with E-state index in [9.17, 15) is 14.4 Å². The van der Waals surface area contributed by atoms with E-state index >= 15 is 0 Å². The molecule has 1 aliphatic heterocycles. The standard InChI is InChI=1S/C46H78N4O7S/c1-4-7-10-13-16-19-22-25-28-31-38(51)54-34-37-42(56-39(52)32-29-26-23-20-17-14-11-8-5-2)43(57-40(53)33-30-27-24-21-18-15-12-9-6-3)46(55-37)50-36-49-41-44(50)47-35-48-45(41)58/h35-37,42-43,46H,4-34H2,1-3H3,(H,47,48,58)/t37-,42+,43+,46-/m1/s1. The van der Waals surface area contributed by atoms with Crippen molar-refractivity contribution in [2.24, 2.45) is 0 Å². The highest BCUT2D eigenvalue weighted by Gasteiger charge is 2.51. The topological polar surface area (TPSA) is 135 Å². The van der Waals surface area contributed by atoms with Gasteiger partial charge in [-0.3, -0.25) is 19.0 Å². The Labute approximate surface area is 354 Å². The molecule has 0 amide bonds. The molecule has 330 valence electrons. The molecule has 1 N–H and O–H groups in total. The van der Waals surface area contributed by atoms with Gasteiger partial charge in [0.05, 0.1) is 12.7 Å². The summed E-state index contributed by atoms with van der Waals surface area (Å²) in [4.78, 5) is 51.6. The maximum atomic E-state index is 13.5. The number of nitrogens with one attached hydrogen (secondary N) is 1. The van der Waals surface area contributed by atoms with E-state index in [1.54, 1.807) is 10.9 Å². The lowest BCUT2D eigenvalue weighted by Crippen LogP contribution is -2.41. The Kier molecular flexibility index (Phi) is 26.5. The lowest BCUT2D eigenvalue weighted by molar-refractivity contribution is -0.169. The van der Waals surface area contributed by atoms with Crippen LogP contribution in [0.2, 0.25) is 0 Å². The fourth-order valence-corrected chi connectivity index (χ4v) is 8.01. The molecule has 1 aliphatic rings. The van der Waals surface area contributed by atoms with Crippen LogP contribution in [0.5, 0.6) is 0 Å². The zero-order valence-electron chi connectivity index (χ0n) is 36.5. The molecule has 0 aromatic carbocycles. The summed E-state index contributed by atoms with van der Waals surface area (Å²) in [5, 5.41) is 0. The van der Waals surface area contributed by atoms with E-state index in [-0.39, 0.29) is 37.4 Å². The molecule has 11 nitrogen and oxygen atoms in total. The lowest BCUT2D eigenvalue weighted by Gasteiger charge is -2.25. The van der Waals surface area contributed by atoms with Crippen LogP contribution in [-0.2, 0) is 33.3 Å². The van der Waals surface area contributed by atoms with Crippen LogP contribution in [0.1, 0.15) is 220 Å². The second-order valence-electron chi connectivity index (χ2n) is 16.4. The van der Waals surface area contributed by atoms with Gasteiger partial charge in [0.25, 0.3) is 0 Å². The van der Waals surface area contributed by atoms with E-state index in [0.717, 1.165) is 57.8 Å². The number of hydrogen-bond donors (Lipinski definition) is 1. The average molecular weight is 831 g/mol. The van der Waals surface area contributed by atoms with E-state index in [1.807, 2.05) is 0 Å². The lowest BCUT2D eigenvalue weighted by atomic mass is 10.1. The van der Waals surface area contributed by atoms with Gasteiger partial charge in [-0.2, -0.15) is 0 Å². The summed E-state index contributed by atoms with van der Waals surface area (Å²) in [5.74, 6) is -1.09. The van der Waals surface area contributed by atoms with Gasteiger partial charge in [-0.25, -0.2) is 9.97 Å². The zero-order valence-corrected chi connectivity index (χ0v) is 37.3. The van der Waals surface area contributed by atoms with Gasteiger partial charge < -0.3 is 23.9 Å². The molecule has 3 heterocycles. The van der Waals surface area contributed by atoms with Gasteiger partial charge in [-0.1, -0.05) is 187 Å². The number of hydrogen-bond acceptors (Lipinski definition) is 10. The van der Waals surface area contributed by atoms with Crippen LogP contribution in [0.25, 0.3) is 11.2 Å². The first-order valence-electron chi connectivity index (χ1n) is 23.5. The Balaban J connectivity index is 1.67. The van der Waals surface area contributed by atoms with E-state index < -0.39 is 24.5 Å². The Morgan fingerprint density at radius 3 is 1.48 bits per heavy atom. The number of unbranched alkanes of at least 4 members (excludes halogenated alkanes) is 24. The van der Waals surface area contributed by atoms with Crippen LogP contribution in [0.15, 0.2) is 12.7 Å². The van der Waals surface area contributed by atoms with Crippen LogP contribution < -0.4 is 0 Å². The van der Waals surface area contributed by atoms with Gasteiger partial charge >= 0.3 is 17.9 Å². The Morgan fingerprint density at radius 1 is 0.603 bits per heavy atom. The first-order valence-corrected chi connectivity index (χ1v) is 23.9. The van der Waals surface area contributed by atoms with Gasteiger partial charge in [0.2, 0.25) is 0 Å². The number of H-pyrrole nitrogens is 1. The van der Waals surface area contributed by atoms with Crippen molar-refractivity contribution in [3.63, 3.8) is 0 Å². The highest BCUT2D eigenvalue weighted by Crippen LogP contribution is 2.36. The Hall–Kier alpha value is -2.86. The SMILES string of the molecule is CCCCCCCCCCCC(=O)OC[C@H]1O[C@@H](n2cnc3c(=S)nc[nH]c32)[C@@H](OC(=O)CCCCCCCCCCC)[C@H]1OC(=O)CCCCCCCCCCC. The summed E-state index contributed by atoms with van der Waals surface area (Å²) < 4.78 is 26.7. The van der Waals surface area contributed by atoms with E-state index in [0.29, 0.717) is 35.1 Å². The molecule has 12 heteroatoms. The van der Waals surface area contributed by atoms with Gasteiger partial charge in [0.1, 0.15) is 23.9 Å².